The molecule has 0 fully saturated rings. The molecular weight excluding hydrogens is 220 g/mol. The van der Waals surface area contributed by atoms with Gasteiger partial charge in [-0.3, -0.25) is 0 Å². The Morgan fingerprint density at radius 3 is 2.69 bits per heavy atom. The fourth-order valence-electron chi connectivity index (χ4n) is 1.67. The number of aryl methyl sites for hydroxylation is 1. The molecule has 0 unspecified atom stereocenters. The van der Waals surface area contributed by atoms with E-state index in [0.717, 1.165) is 28.1 Å². The van der Waals surface area contributed by atoms with Crippen LogP contribution in [-0.2, 0) is 6.42 Å². The molecule has 0 aliphatic rings. The number of halogens is 1. The van der Waals surface area contributed by atoms with Gasteiger partial charge in [0.25, 0.3) is 0 Å². The average molecular weight is 233 g/mol. The monoisotopic (exact) mass is 232 g/mol. The smallest absolute Gasteiger partial charge is 0.127 e. The van der Waals surface area contributed by atoms with Crippen LogP contribution in [0.5, 0.6) is 0 Å². The van der Waals surface area contributed by atoms with E-state index < -0.39 is 0 Å². The summed E-state index contributed by atoms with van der Waals surface area (Å²) >= 11 is 6.12. The van der Waals surface area contributed by atoms with E-state index >= 15 is 0 Å². The number of nitrogens with two attached hydrogens (primary N) is 1. The van der Waals surface area contributed by atoms with Gasteiger partial charge in [-0.1, -0.05) is 29.8 Å². The molecule has 16 heavy (non-hydrogen) atoms. The number of hydrogen-bond donors (Lipinski definition) is 1. The summed E-state index contributed by atoms with van der Waals surface area (Å²) in [6.07, 6.45) is 2.45. The zero-order chi connectivity index (χ0) is 11.5. The predicted molar refractivity (Wildman–Crippen MR) is 67.6 cm³/mol. The molecule has 0 saturated carbocycles. The van der Waals surface area contributed by atoms with E-state index in [4.69, 9.17) is 17.3 Å². The van der Waals surface area contributed by atoms with Crippen LogP contribution in [0.2, 0.25) is 5.02 Å². The van der Waals surface area contributed by atoms with Crippen LogP contribution in [0.1, 0.15) is 16.7 Å². The molecule has 1 aromatic heterocycles. The summed E-state index contributed by atoms with van der Waals surface area (Å²) in [6.45, 7) is 2.03. The SMILES string of the molecule is Cc1ccnc(N)c1Cc1ccccc1Cl. The van der Waals surface area contributed by atoms with Crippen molar-refractivity contribution in [1.82, 2.24) is 4.98 Å². The van der Waals surface area contributed by atoms with Gasteiger partial charge < -0.3 is 5.73 Å². The van der Waals surface area contributed by atoms with E-state index in [2.05, 4.69) is 4.98 Å². The normalized spacial score (nSPS) is 10.4. The minimum Gasteiger partial charge on any atom is -0.383 e. The van der Waals surface area contributed by atoms with Gasteiger partial charge in [0.2, 0.25) is 0 Å². The van der Waals surface area contributed by atoms with Gasteiger partial charge in [-0.25, -0.2) is 4.98 Å². The molecule has 0 radical (unpaired) electrons. The number of pyridine rings is 1. The van der Waals surface area contributed by atoms with Gasteiger partial charge >= 0.3 is 0 Å². The molecule has 82 valence electrons. The molecule has 0 amide bonds. The van der Waals surface area contributed by atoms with Crippen LogP contribution in [0.25, 0.3) is 0 Å². The number of rotatable bonds is 2. The zero-order valence-electron chi connectivity index (χ0n) is 9.07. The van der Waals surface area contributed by atoms with Crippen molar-refractivity contribution in [3.63, 3.8) is 0 Å². The van der Waals surface area contributed by atoms with Crippen molar-refractivity contribution < 1.29 is 0 Å². The largest absolute Gasteiger partial charge is 0.383 e. The van der Waals surface area contributed by atoms with Crippen LogP contribution in [0, 0.1) is 6.92 Å². The van der Waals surface area contributed by atoms with Crippen molar-refractivity contribution in [2.45, 2.75) is 13.3 Å². The second-order valence-electron chi connectivity index (χ2n) is 3.76. The molecule has 0 spiro atoms. The van der Waals surface area contributed by atoms with Crippen LogP contribution in [-0.4, -0.2) is 4.98 Å². The molecule has 1 heterocycles. The van der Waals surface area contributed by atoms with Crippen LogP contribution < -0.4 is 5.73 Å². The molecule has 0 saturated heterocycles. The van der Waals surface area contributed by atoms with E-state index in [1.165, 1.54) is 0 Å². The Morgan fingerprint density at radius 2 is 2.00 bits per heavy atom. The summed E-state index contributed by atoms with van der Waals surface area (Å²) in [5.74, 6) is 0.583. The van der Waals surface area contributed by atoms with Gasteiger partial charge in [-0.2, -0.15) is 0 Å². The molecule has 3 heteroatoms. The number of benzene rings is 1. The number of aromatic nitrogens is 1. The summed E-state index contributed by atoms with van der Waals surface area (Å²) in [4.78, 5) is 4.10. The number of hydrogen-bond acceptors (Lipinski definition) is 2. The zero-order valence-corrected chi connectivity index (χ0v) is 9.83. The molecule has 2 nitrogen and oxygen atoms in total. The molecule has 0 aliphatic carbocycles. The molecule has 2 rings (SSSR count). The maximum atomic E-state index is 6.12. The third kappa shape index (κ3) is 2.17. The maximum Gasteiger partial charge on any atom is 0.127 e. The first-order valence-electron chi connectivity index (χ1n) is 5.12. The van der Waals surface area contributed by atoms with Crippen LogP contribution in [0.4, 0.5) is 5.82 Å². The fourth-order valence-corrected chi connectivity index (χ4v) is 1.87. The average Bonchev–Trinajstić information content (AvgIpc) is 2.26. The van der Waals surface area contributed by atoms with Crippen molar-refractivity contribution in [2.75, 3.05) is 5.73 Å². The minimum absolute atomic E-state index is 0.583. The van der Waals surface area contributed by atoms with Crippen LogP contribution in [0.15, 0.2) is 36.5 Å². The van der Waals surface area contributed by atoms with Crippen molar-refractivity contribution in [3.05, 3.63) is 58.2 Å². The van der Waals surface area contributed by atoms with Crippen molar-refractivity contribution >= 4 is 17.4 Å². The van der Waals surface area contributed by atoms with E-state index in [-0.39, 0.29) is 0 Å². The van der Waals surface area contributed by atoms with Gasteiger partial charge in [-0.05, 0) is 30.2 Å². The topological polar surface area (TPSA) is 38.9 Å². The standard InChI is InChI=1S/C13H13ClN2/c1-9-6-7-16-13(15)11(9)8-10-4-2-3-5-12(10)14/h2-7H,8H2,1H3,(H2,15,16). The molecule has 0 bridgehead atoms. The molecule has 2 aromatic rings. The molecular formula is C13H13ClN2. The Morgan fingerprint density at radius 1 is 1.25 bits per heavy atom. The van der Waals surface area contributed by atoms with Crippen molar-refractivity contribution in [3.8, 4) is 0 Å². The molecule has 0 aliphatic heterocycles. The highest BCUT2D eigenvalue weighted by atomic mass is 35.5. The van der Waals surface area contributed by atoms with E-state index in [1.54, 1.807) is 6.20 Å². The van der Waals surface area contributed by atoms with E-state index in [0.29, 0.717) is 5.82 Å². The summed E-state index contributed by atoms with van der Waals surface area (Å²) in [6, 6.07) is 9.75. The summed E-state index contributed by atoms with van der Waals surface area (Å²) in [5, 5.41) is 0.769. The summed E-state index contributed by atoms with van der Waals surface area (Å²) in [5.41, 5.74) is 9.14. The number of nitrogens with zero attached hydrogens (tertiary/aromatic N) is 1. The summed E-state index contributed by atoms with van der Waals surface area (Å²) < 4.78 is 0. The third-order valence-corrected chi connectivity index (χ3v) is 3.02. The van der Waals surface area contributed by atoms with E-state index in [1.807, 2.05) is 37.3 Å². The lowest BCUT2D eigenvalue weighted by molar-refractivity contribution is 1.12. The first-order chi connectivity index (χ1) is 7.68. The van der Waals surface area contributed by atoms with Gasteiger partial charge in [0.05, 0.1) is 0 Å². The molecule has 1 aromatic carbocycles. The lowest BCUT2D eigenvalue weighted by Gasteiger charge is -2.09. The molecule has 2 N–H and O–H groups in total. The molecule has 0 atom stereocenters. The van der Waals surface area contributed by atoms with Crippen LogP contribution in [0.3, 0.4) is 0 Å². The lowest BCUT2D eigenvalue weighted by atomic mass is 10.0. The summed E-state index contributed by atoms with van der Waals surface area (Å²) in [7, 11) is 0. The Bertz CT molecular complexity index is 489. The Kier molecular flexibility index (Phi) is 3.11. The Hall–Kier alpha value is -1.54. The Balaban J connectivity index is 2.38. The van der Waals surface area contributed by atoms with Crippen molar-refractivity contribution in [2.24, 2.45) is 0 Å². The quantitative estimate of drug-likeness (QED) is 0.864. The highest BCUT2D eigenvalue weighted by Gasteiger charge is 2.07. The predicted octanol–water partition coefficient (Wildman–Crippen LogP) is 3.22. The highest BCUT2D eigenvalue weighted by Crippen LogP contribution is 2.23. The first-order valence-corrected chi connectivity index (χ1v) is 5.49. The second-order valence-corrected chi connectivity index (χ2v) is 4.17. The lowest BCUT2D eigenvalue weighted by Crippen LogP contribution is -2.01. The van der Waals surface area contributed by atoms with Crippen molar-refractivity contribution in [1.29, 1.82) is 0 Å². The van der Waals surface area contributed by atoms with Gasteiger partial charge in [0.1, 0.15) is 5.82 Å². The van der Waals surface area contributed by atoms with Gasteiger partial charge in [0.15, 0.2) is 0 Å². The third-order valence-electron chi connectivity index (χ3n) is 2.65. The maximum absolute atomic E-state index is 6.12. The second kappa shape index (κ2) is 4.54. The van der Waals surface area contributed by atoms with Gasteiger partial charge in [-0.15, -0.1) is 0 Å². The number of anilines is 1. The van der Waals surface area contributed by atoms with Crippen LogP contribution >= 0.6 is 11.6 Å². The minimum atomic E-state index is 0.583. The van der Waals surface area contributed by atoms with E-state index in [9.17, 15) is 0 Å². The highest BCUT2D eigenvalue weighted by molar-refractivity contribution is 6.31. The number of nitrogen functional groups attached to an aromatic ring is 1. The fraction of sp³-hybridized carbons (Fsp3) is 0.154. The Labute approximate surface area is 100 Å². The first kappa shape index (κ1) is 11.0. The van der Waals surface area contributed by atoms with Gasteiger partial charge in [0, 0.05) is 23.2 Å².